The fourth-order valence-electron chi connectivity index (χ4n) is 1.15. The van der Waals surface area contributed by atoms with E-state index in [4.69, 9.17) is 10.3 Å². The van der Waals surface area contributed by atoms with Crippen LogP contribution in [0.1, 0.15) is 43.9 Å². The van der Waals surface area contributed by atoms with Crippen LogP contribution >= 0.6 is 11.8 Å². The molecular formula is C9H17N3OS. The fraction of sp³-hybridized carbons (Fsp3) is 0.778. The van der Waals surface area contributed by atoms with Crippen molar-refractivity contribution in [3.63, 3.8) is 0 Å². The molecule has 2 N–H and O–H groups in total. The lowest BCUT2D eigenvalue weighted by Crippen LogP contribution is -2.10. The van der Waals surface area contributed by atoms with Crippen LogP contribution in [0.2, 0.25) is 0 Å². The summed E-state index contributed by atoms with van der Waals surface area (Å²) in [5.41, 5.74) is 5.89. The zero-order valence-electron chi connectivity index (χ0n) is 8.69. The fourth-order valence-corrected chi connectivity index (χ4v) is 1.53. The zero-order chi connectivity index (χ0) is 10.4. The second kappa shape index (κ2) is 6.03. The van der Waals surface area contributed by atoms with Gasteiger partial charge in [-0.25, -0.2) is 0 Å². The number of aromatic nitrogens is 2. The lowest BCUT2D eigenvalue weighted by atomic mass is 10.1. The summed E-state index contributed by atoms with van der Waals surface area (Å²) in [5, 5.41) is 3.85. The topological polar surface area (TPSA) is 64.9 Å². The van der Waals surface area contributed by atoms with Gasteiger partial charge in [0.25, 0.3) is 0 Å². The molecule has 0 spiro atoms. The molecule has 0 saturated heterocycles. The van der Waals surface area contributed by atoms with Crippen molar-refractivity contribution in [2.45, 2.75) is 38.0 Å². The van der Waals surface area contributed by atoms with Crippen LogP contribution in [0.5, 0.6) is 0 Å². The van der Waals surface area contributed by atoms with E-state index < -0.39 is 0 Å². The SMILES string of the molecule is CCCCC(N)c1nc(CSC)no1. The van der Waals surface area contributed by atoms with Crippen LogP contribution in [0.3, 0.4) is 0 Å². The molecule has 0 aliphatic heterocycles. The molecule has 1 aromatic rings. The van der Waals surface area contributed by atoms with Crippen molar-refractivity contribution < 1.29 is 4.52 Å². The van der Waals surface area contributed by atoms with Crippen LogP contribution in [0.25, 0.3) is 0 Å². The van der Waals surface area contributed by atoms with Gasteiger partial charge in [-0.05, 0) is 12.7 Å². The molecule has 0 fully saturated rings. The first-order valence-corrected chi connectivity index (χ1v) is 6.24. The van der Waals surface area contributed by atoms with Gasteiger partial charge in [0.05, 0.1) is 11.8 Å². The quantitative estimate of drug-likeness (QED) is 0.787. The third kappa shape index (κ3) is 3.31. The molecule has 0 radical (unpaired) electrons. The Morgan fingerprint density at radius 3 is 3.00 bits per heavy atom. The monoisotopic (exact) mass is 215 g/mol. The summed E-state index contributed by atoms with van der Waals surface area (Å²) in [4.78, 5) is 4.23. The summed E-state index contributed by atoms with van der Waals surface area (Å²) in [7, 11) is 0. The number of nitrogens with two attached hydrogens (primary N) is 1. The first kappa shape index (κ1) is 11.5. The van der Waals surface area contributed by atoms with Crippen LogP contribution in [0.4, 0.5) is 0 Å². The first-order chi connectivity index (χ1) is 6.77. The van der Waals surface area contributed by atoms with E-state index in [9.17, 15) is 0 Å². The van der Waals surface area contributed by atoms with E-state index in [2.05, 4.69) is 17.1 Å². The Labute approximate surface area is 88.6 Å². The van der Waals surface area contributed by atoms with E-state index in [1.54, 1.807) is 11.8 Å². The van der Waals surface area contributed by atoms with E-state index in [0.29, 0.717) is 5.89 Å². The largest absolute Gasteiger partial charge is 0.338 e. The van der Waals surface area contributed by atoms with Crippen LogP contribution in [0, 0.1) is 0 Å². The van der Waals surface area contributed by atoms with Gasteiger partial charge in [0, 0.05) is 0 Å². The molecule has 0 saturated carbocycles. The van der Waals surface area contributed by atoms with Crippen molar-refractivity contribution in [2.24, 2.45) is 5.73 Å². The molecule has 14 heavy (non-hydrogen) atoms. The summed E-state index contributed by atoms with van der Waals surface area (Å²) < 4.78 is 5.08. The number of hydrogen-bond acceptors (Lipinski definition) is 5. The molecule has 0 aliphatic carbocycles. The zero-order valence-corrected chi connectivity index (χ0v) is 9.51. The van der Waals surface area contributed by atoms with Gasteiger partial charge >= 0.3 is 0 Å². The van der Waals surface area contributed by atoms with Crippen molar-refractivity contribution in [2.75, 3.05) is 6.26 Å². The molecule has 1 aromatic heterocycles. The lowest BCUT2D eigenvalue weighted by Gasteiger charge is -2.03. The molecule has 5 heteroatoms. The molecule has 0 aliphatic rings. The average Bonchev–Trinajstić information content (AvgIpc) is 2.63. The van der Waals surface area contributed by atoms with Gasteiger partial charge in [-0.3, -0.25) is 0 Å². The van der Waals surface area contributed by atoms with E-state index in [1.807, 2.05) is 6.26 Å². The molecule has 0 aromatic carbocycles. The summed E-state index contributed by atoms with van der Waals surface area (Å²) in [6.07, 6.45) is 5.16. The second-order valence-electron chi connectivity index (χ2n) is 3.23. The predicted octanol–water partition coefficient (Wildman–Crippen LogP) is 2.12. The van der Waals surface area contributed by atoms with Gasteiger partial charge in [0.1, 0.15) is 0 Å². The molecule has 1 heterocycles. The van der Waals surface area contributed by atoms with Crippen LogP contribution in [-0.2, 0) is 5.75 Å². The molecule has 0 bridgehead atoms. The van der Waals surface area contributed by atoms with E-state index in [1.165, 1.54) is 0 Å². The standard InChI is InChI=1S/C9H17N3OS/c1-3-4-5-7(10)9-11-8(6-14-2)12-13-9/h7H,3-6,10H2,1-2H3. The Morgan fingerprint density at radius 2 is 2.36 bits per heavy atom. The minimum Gasteiger partial charge on any atom is -0.338 e. The van der Waals surface area contributed by atoms with E-state index in [0.717, 1.165) is 30.8 Å². The van der Waals surface area contributed by atoms with Gasteiger partial charge in [-0.1, -0.05) is 24.9 Å². The van der Waals surface area contributed by atoms with Crippen molar-refractivity contribution in [1.29, 1.82) is 0 Å². The number of rotatable bonds is 6. The third-order valence-corrected chi connectivity index (χ3v) is 2.49. The average molecular weight is 215 g/mol. The maximum absolute atomic E-state index is 5.89. The molecular weight excluding hydrogens is 198 g/mol. The number of thioether (sulfide) groups is 1. The maximum atomic E-state index is 5.89. The number of hydrogen-bond donors (Lipinski definition) is 1. The van der Waals surface area contributed by atoms with E-state index in [-0.39, 0.29) is 6.04 Å². The molecule has 4 nitrogen and oxygen atoms in total. The van der Waals surface area contributed by atoms with Crippen LogP contribution in [0.15, 0.2) is 4.52 Å². The Morgan fingerprint density at radius 1 is 1.57 bits per heavy atom. The van der Waals surface area contributed by atoms with Crippen LogP contribution in [-0.4, -0.2) is 16.4 Å². The molecule has 1 unspecified atom stereocenters. The highest BCUT2D eigenvalue weighted by Gasteiger charge is 2.13. The van der Waals surface area contributed by atoms with E-state index >= 15 is 0 Å². The van der Waals surface area contributed by atoms with Crippen molar-refractivity contribution in [3.05, 3.63) is 11.7 Å². The van der Waals surface area contributed by atoms with Crippen molar-refractivity contribution >= 4 is 11.8 Å². The molecule has 1 atom stereocenters. The molecule has 1 rings (SSSR count). The van der Waals surface area contributed by atoms with Gasteiger partial charge in [0.15, 0.2) is 5.82 Å². The summed E-state index contributed by atoms with van der Waals surface area (Å²) in [6, 6.07) is -0.0990. The third-order valence-electron chi connectivity index (χ3n) is 1.94. The highest BCUT2D eigenvalue weighted by atomic mass is 32.2. The maximum Gasteiger partial charge on any atom is 0.243 e. The highest BCUT2D eigenvalue weighted by Crippen LogP contribution is 2.15. The Hall–Kier alpha value is -0.550. The molecule has 0 amide bonds. The summed E-state index contributed by atoms with van der Waals surface area (Å²) >= 11 is 1.67. The minimum absolute atomic E-state index is 0.0990. The number of unbranched alkanes of at least 4 members (excludes halogenated alkanes) is 1. The van der Waals surface area contributed by atoms with Crippen molar-refractivity contribution in [3.8, 4) is 0 Å². The number of nitrogens with zero attached hydrogens (tertiary/aromatic N) is 2. The van der Waals surface area contributed by atoms with Crippen molar-refractivity contribution in [1.82, 2.24) is 10.1 Å². The van der Waals surface area contributed by atoms with Gasteiger partial charge in [-0.2, -0.15) is 16.7 Å². The predicted molar refractivity (Wildman–Crippen MR) is 58.0 cm³/mol. The van der Waals surface area contributed by atoms with Gasteiger partial charge < -0.3 is 10.3 Å². The lowest BCUT2D eigenvalue weighted by molar-refractivity contribution is 0.343. The van der Waals surface area contributed by atoms with Crippen LogP contribution < -0.4 is 5.73 Å². The van der Waals surface area contributed by atoms with Gasteiger partial charge in [0.2, 0.25) is 5.89 Å². The second-order valence-corrected chi connectivity index (χ2v) is 4.10. The Kier molecular flexibility index (Phi) is 4.97. The summed E-state index contributed by atoms with van der Waals surface area (Å²) in [5.74, 6) is 2.09. The summed E-state index contributed by atoms with van der Waals surface area (Å²) in [6.45, 7) is 2.14. The Balaban J connectivity index is 2.48. The minimum atomic E-state index is -0.0990. The first-order valence-electron chi connectivity index (χ1n) is 4.85. The normalized spacial score (nSPS) is 13.1. The molecule has 80 valence electrons. The smallest absolute Gasteiger partial charge is 0.243 e. The van der Waals surface area contributed by atoms with Gasteiger partial charge in [-0.15, -0.1) is 0 Å². The highest BCUT2D eigenvalue weighted by molar-refractivity contribution is 7.97. The Bertz CT molecular complexity index is 264.